The number of ether oxygens (including phenoxy) is 1. The molecule has 11 heteroatoms. The normalized spacial score (nSPS) is 11.3. The Hall–Kier alpha value is -3.99. The Bertz CT molecular complexity index is 1250. The minimum absolute atomic E-state index is 0.0411. The van der Waals surface area contributed by atoms with Crippen LogP contribution in [0.3, 0.4) is 0 Å². The summed E-state index contributed by atoms with van der Waals surface area (Å²) in [5.74, 6) is -0.244. The van der Waals surface area contributed by atoms with Crippen LogP contribution in [0.2, 0.25) is 0 Å². The van der Waals surface area contributed by atoms with Crippen molar-refractivity contribution in [3.05, 3.63) is 88.2 Å². The summed E-state index contributed by atoms with van der Waals surface area (Å²) in [7, 11) is -2.90. The third-order valence-electron chi connectivity index (χ3n) is 4.11. The largest absolute Gasteiger partial charge is 0.495 e. The molecule has 0 amide bonds. The van der Waals surface area contributed by atoms with E-state index in [0.717, 1.165) is 12.1 Å². The van der Waals surface area contributed by atoms with Gasteiger partial charge in [-0.1, -0.05) is 30.3 Å². The number of methoxy groups -OCH3 is 1. The van der Waals surface area contributed by atoms with E-state index in [1.54, 1.807) is 24.3 Å². The average Bonchev–Trinajstić information content (AvgIpc) is 2.75. The molecule has 0 aliphatic heterocycles. The van der Waals surface area contributed by atoms with Gasteiger partial charge in [0.2, 0.25) is 0 Å². The van der Waals surface area contributed by atoms with Crippen molar-refractivity contribution in [2.24, 2.45) is 5.10 Å². The number of para-hydroxylation sites is 2. The maximum Gasteiger partial charge on any atom is 0.270 e. The minimum atomic E-state index is -4.28. The summed E-state index contributed by atoms with van der Waals surface area (Å²) in [6.07, 6.45) is 1.17. The molecule has 3 aromatic carbocycles. The van der Waals surface area contributed by atoms with Crippen molar-refractivity contribution in [1.29, 1.82) is 0 Å². The van der Waals surface area contributed by atoms with Crippen molar-refractivity contribution in [2.45, 2.75) is 4.90 Å². The zero-order valence-corrected chi connectivity index (χ0v) is 17.0. The lowest BCUT2D eigenvalue weighted by Crippen LogP contribution is -2.15. The lowest BCUT2D eigenvalue weighted by Gasteiger charge is -2.14. The number of halogens is 1. The number of nitrogens with one attached hydrogen (secondary N) is 2. The Morgan fingerprint density at radius 1 is 1.06 bits per heavy atom. The zero-order valence-electron chi connectivity index (χ0n) is 16.2. The fourth-order valence-electron chi connectivity index (χ4n) is 2.62. The van der Waals surface area contributed by atoms with Crippen molar-refractivity contribution in [2.75, 3.05) is 17.3 Å². The molecular formula is C20H17FN4O5S. The van der Waals surface area contributed by atoms with E-state index in [2.05, 4.69) is 15.2 Å². The lowest BCUT2D eigenvalue weighted by atomic mass is 10.2. The molecule has 0 saturated carbocycles. The summed E-state index contributed by atoms with van der Waals surface area (Å²) in [5, 5.41) is 15.0. The Labute approximate surface area is 177 Å². The number of sulfonamides is 1. The fourth-order valence-corrected chi connectivity index (χ4v) is 3.87. The number of hydrazone groups is 1. The highest BCUT2D eigenvalue weighted by Crippen LogP contribution is 2.31. The summed E-state index contributed by atoms with van der Waals surface area (Å²) in [4.78, 5) is 10.0. The molecule has 0 aliphatic rings. The molecule has 0 saturated heterocycles. The molecule has 160 valence electrons. The molecule has 0 aromatic heterocycles. The van der Waals surface area contributed by atoms with Gasteiger partial charge >= 0.3 is 0 Å². The van der Waals surface area contributed by atoms with E-state index in [0.29, 0.717) is 0 Å². The average molecular weight is 444 g/mol. The van der Waals surface area contributed by atoms with Crippen LogP contribution in [-0.4, -0.2) is 26.7 Å². The first-order valence-corrected chi connectivity index (χ1v) is 10.3. The Kier molecular flexibility index (Phi) is 6.46. The van der Waals surface area contributed by atoms with Gasteiger partial charge < -0.3 is 4.74 Å². The van der Waals surface area contributed by atoms with E-state index in [-0.39, 0.29) is 22.7 Å². The van der Waals surface area contributed by atoms with E-state index in [4.69, 9.17) is 4.74 Å². The second kappa shape index (κ2) is 9.22. The van der Waals surface area contributed by atoms with Gasteiger partial charge in [0.05, 0.1) is 29.6 Å². The fraction of sp³-hybridized carbons (Fsp3) is 0.0500. The molecule has 31 heavy (non-hydrogen) atoms. The molecule has 0 unspecified atom stereocenters. The number of benzene rings is 3. The Balaban J connectivity index is 1.98. The summed E-state index contributed by atoms with van der Waals surface area (Å²) in [6.45, 7) is 0. The van der Waals surface area contributed by atoms with Gasteiger partial charge in [0, 0.05) is 17.7 Å². The third-order valence-corrected chi connectivity index (χ3v) is 5.52. The first-order chi connectivity index (χ1) is 14.8. The first kappa shape index (κ1) is 21.7. The van der Waals surface area contributed by atoms with Gasteiger partial charge in [-0.05, 0) is 24.3 Å². The first-order valence-electron chi connectivity index (χ1n) is 8.79. The van der Waals surface area contributed by atoms with Gasteiger partial charge in [0.25, 0.3) is 15.7 Å². The van der Waals surface area contributed by atoms with Crippen LogP contribution in [0.15, 0.2) is 76.7 Å². The molecule has 9 nitrogen and oxygen atoms in total. The molecule has 0 radical (unpaired) electrons. The number of non-ortho nitro benzene ring substituents is 1. The van der Waals surface area contributed by atoms with Crippen molar-refractivity contribution in [3.8, 4) is 5.75 Å². The number of anilines is 2. The smallest absolute Gasteiger partial charge is 0.270 e. The molecule has 2 N–H and O–H groups in total. The van der Waals surface area contributed by atoms with Gasteiger partial charge in [0.15, 0.2) is 0 Å². The third kappa shape index (κ3) is 5.14. The SMILES string of the molecule is COc1ccccc1NS(=O)(=O)c1cc([N+](=O)[O-])ccc1N/N=C\c1ccccc1F. The van der Waals surface area contributed by atoms with Crippen LogP contribution in [0, 0.1) is 15.9 Å². The minimum Gasteiger partial charge on any atom is -0.495 e. The van der Waals surface area contributed by atoms with Crippen LogP contribution in [0.1, 0.15) is 5.56 Å². The Morgan fingerprint density at radius 3 is 2.48 bits per heavy atom. The molecular weight excluding hydrogens is 427 g/mol. The van der Waals surface area contributed by atoms with Crippen LogP contribution in [0.25, 0.3) is 0 Å². The van der Waals surface area contributed by atoms with Crippen LogP contribution in [-0.2, 0) is 10.0 Å². The van der Waals surface area contributed by atoms with E-state index in [1.807, 2.05) is 0 Å². The summed E-state index contributed by atoms with van der Waals surface area (Å²) >= 11 is 0. The van der Waals surface area contributed by atoms with Gasteiger partial charge in [-0.2, -0.15) is 5.10 Å². The Morgan fingerprint density at radius 2 is 1.77 bits per heavy atom. The van der Waals surface area contributed by atoms with Crippen LogP contribution >= 0.6 is 0 Å². The molecule has 0 aliphatic carbocycles. The number of rotatable bonds is 8. The number of hydrogen-bond donors (Lipinski definition) is 2. The molecule has 0 atom stereocenters. The van der Waals surface area contributed by atoms with E-state index >= 15 is 0 Å². The van der Waals surface area contributed by atoms with Gasteiger partial charge in [-0.3, -0.25) is 20.3 Å². The standard InChI is InChI=1S/C20H17FN4O5S/c1-30-19-9-5-4-8-17(19)24-31(28,29)20-12-15(25(26)27)10-11-18(20)23-22-13-14-6-2-3-7-16(14)21/h2-13,23-24H,1H3/b22-13-. The number of nitro groups is 1. The van der Waals surface area contributed by atoms with Gasteiger partial charge in [-0.15, -0.1) is 0 Å². The molecule has 0 fully saturated rings. The molecule has 0 heterocycles. The highest BCUT2D eigenvalue weighted by atomic mass is 32.2. The number of nitro benzene ring substituents is 1. The topological polar surface area (TPSA) is 123 Å². The summed E-state index contributed by atoms with van der Waals surface area (Å²) in [6, 6.07) is 15.4. The summed E-state index contributed by atoms with van der Waals surface area (Å²) < 4.78 is 47.2. The lowest BCUT2D eigenvalue weighted by molar-refractivity contribution is -0.385. The molecule has 3 aromatic rings. The molecule has 3 rings (SSSR count). The molecule has 0 spiro atoms. The maximum absolute atomic E-state index is 13.7. The maximum atomic E-state index is 13.7. The molecule has 0 bridgehead atoms. The highest BCUT2D eigenvalue weighted by Gasteiger charge is 2.23. The van der Waals surface area contributed by atoms with Crippen LogP contribution in [0.5, 0.6) is 5.75 Å². The quantitative estimate of drug-likeness (QED) is 0.308. The monoisotopic (exact) mass is 444 g/mol. The second-order valence-corrected chi connectivity index (χ2v) is 7.79. The zero-order chi connectivity index (χ0) is 22.4. The van der Waals surface area contributed by atoms with Crippen LogP contribution in [0.4, 0.5) is 21.5 Å². The number of hydrogen-bond acceptors (Lipinski definition) is 7. The summed E-state index contributed by atoms with van der Waals surface area (Å²) in [5.41, 5.74) is 2.36. The van der Waals surface area contributed by atoms with Crippen molar-refractivity contribution in [1.82, 2.24) is 0 Å². The van der Waals surface area contributed by atoms with E-state index in [1.165, 1.54) is 43.7 Å². The highest BCUT2D eigenvalue weighted by molar-refractivity contribution is 7.93. The number of nitrogens with zero attached hydrogens (tertiary/aromatic N) is 2. The van der Waals surface area contributed by atoms with Crippen molar-refractivity contribution < 1.29 is 22.5 Å². The van der Waals surface area contributed by atoms with Gasteiger partial charge in [0.1, 0.15) is 16.5 Å². The predicted octanol–water partition coefficient (Wildman–Crippen LogP) is 3.99. The predicted molar refractivity (Wildman–Crippen MR) is 115 cm³/mol. The second-order valence-electron chi connectivity index (χ2n) is 6.13. The van der Waals surface area contributed by atoms with E-state index < -0.39 is 31.3 Å². The van der Waals surface area contributed by atoms with Gasteiger partial charge in [-0.25, -0.2) is 12.8 Å². The van der Waals surface area contributed by atoms with Crippen LogP contribution < -0.4 is 14.9 Å². The van der Waals surface area contributed by atoms with Crippen molar-refractivity contribution >= 4 is 33.3 Å². The van der Waals surface area contributed by atoms with E-state index in [9.17, 15) is 22.9 Å². The van der Waals surface area contributed by atoms with Crippen molar-refractivity contribution in [3.63, 3.8) is 0 Å².